The Balaban J connectivity index is 1.67. The van der Waals surface area contributed by atoms with Crippen LogP contribution in [0.15, 0.2) is 0 Å². The summed E-state index contributed by atoms with van der Waals surface area (Å²) in [6.07, 6.45) is 9.10. The Hall–Kier alpha value is -0.650. The molecule has 1 heterocycles. The number of rotatable bonds is 5. The van der Waals surface area contributed by atoms with E-state index in [1.165, 1.54) is 25.7 Å². The largest absolute Gasteiger partial charge is 0.380 e. The number of carbonyl (C=O) groups is 1. The van der Waals surface area contributed by atoms with Gasteiger partial charge in [-0.25, -0.2) is 0 Å². The molecule has 3 unspecified atom stereocenters. The van der Waals surface area contributed by atoms with Crippen LogP contribution in [0.25, 0.3) is 0 Å². The Labute approximate surface area is 127 Å². The van der Waals surface area contributed by atoms with Crippen molar-refractivity contribution in [3.63, 3.8) is 0 Å². The SMILES string of the molecule is COC1CCCN(C2CCCC(NC3CC3)(C(N)=O)C2)C1. The molecular formula is C16H29N3O2. The number of carbonyl (C=O) groups excluding carboxylic acids is 1. The first-order valence-electron chi connectivity index (χ1n) is 8.47. The van der Waals surface area contributed by atoms with Crippen molar-refractivity contribution < 1.29 is 9.53 Å². The van der Waals surface area contributed by atoms with Crippen LogP contribution in [0.3, 0.4) is 0 Å². The van der Waals surface area contributed by atoms with E-state index < -0.39 is 5.54 Å². The molecule has 3 rings (SSSR count). The predicted octanol–water partition coefficient (Wildman–Crippen LogP) is 1.02. The lowest BCUT2D eigenvalue weighted by molar-refractivity contribution is -0.127. The van der Waals surface area contributed by atoms with E-state index in [-0.39, 0.29) is 5.91 Å². The van der Waals surface area contributed by atoms with Crippen molar-refractivity contribution in [2.75, 3.05) is 20.2 Å². The molecule has 5 nitrogen and oxygen atoms in total. The van der Waals surface area contributed by atoms with Gasteiger partial charge >= 0.3 is 0 Å². The first kappa shape index (κ1) is 15.3. The third-order valence-electron chi connectivity index (χ3n) is 5.51. The second-order valence-electron chi connectivity index (χ2n) is 7.11. The van der Waals surface area contributed by atoms with Crippen molar-refractivity contribution in [2.24, 2.45) is 5.73 Å². The van der Waals surface area contributed by atoms with Gasteiger partial charge in [0.15, 0.2) is 0 Å². The third kappa shape index (κ3) is 3.41. The Kier molecular flexibility index (Phi) is 4.52. The number of likely N-dealkylation sites (tertiary alicyclic amines) is 1. The maximum atomic E-state index is 12.1. The standard InChI is InChI=1S/C16H29N3O2/c1-21-14-5-3-9-19(11-14)13-4-2-8-16(10-13,15(17)20)18-12-6-7-12/h12-14,18H,2-11H2,1H3,(H2,17,20). The number of hydrogen-bond donors (Lipinski definition) is 2. The smallest absolute Gasteiger partial charge is 0.237 e. The fourth-order valence-electron chi connectivity index (χ4n) is 4.09. The second kappa shape index (κ2) is 6.23. The van der Waals surface area contributed by atoms with Crippen LogP contribution in [0, 0.1) is 0 Å². The molecule has 3 atom stereocenters. The van der Waals surface area contributed by atoms with Gasteiger partial charge in [-0.05, 0) is 57.9 Å². The maximum absolute atomic E-state index is 12.1. The van der Waals surface area contributed by atoms with E-state index in [1.807, 2.05) is 0 Å². The minimum atomic E-state index is -0.468. The monoisotopic (exact) mass is 295 g/mol. The zero-order valence-corrected chi connectivity index (χ0v) is 13.1. The van der Waals surface area contributed by atoms with E-state index in [2.05, 4.69) is 10.2 Å². The Morgan fingerprint density at radius 2 is 2.10 bits per heavy atom. The molecule has 3 fully saturated rings. The zero-order chi connectivity index (χ0) is 14.9. The number of amides is 1. The molecule has 0 aromatic rings. The van der Waals surface area contributed by atoms with E-state index in [0.717, 1.165) is 38.8 Å². The minimum Gasteiger partial charge on any atom is -0.380 e. The van der Waals surface area contributed by atoms with Crippen molar-refractivity contribution in [1.29, 1.82) is 0 Å². The van der Waals surface area contributed by atoms with E-state index in [4.69, 9.17) is 10.5 Å². The molecule has 0 aromatic carbocycles. The molecule has 0 spiro atoms. The number of primary amides is 1. The van der Waals surface area contributed by atoms with Gasteiger partial charge in [0.1, 0.15) is 0 Å². The van der Waals surface area contributed by atoms with Gasteiger partial charge in [-0.1, -0.05) is 0 Å². The van der Waals surface area contributed by atoms with Gasteiger partial charge in [0.05, 0.1) is 11.6 Å². The van der Waals surface area contributed by atoms with Gasteiger partial charge in [0.2, 0.25) is 5.91 Å². The molecule has 0 aromatic heterocycles. The number of nitrogens with two attached hydrogens (primary N) is 1. The minimum absolute atomic E-state index is 0.153. The van der Waals surface area contributed by atoms with Crippen LogP contribution in [0.4, 0.5) is 0 Å². The molecule has 1 saturated heterocycles. The zero-order valence-electron chi connectivity index (χ0n) is 13.1. The van der Waals surface area contributed by atoms with Crippen molar-refractivity contribution in [3.8, 4) is 0 Å². The van der Waals surface area contributed by atoms with Crippen LogP contribution in [0.5, 0.6) is 0 Å². The normalized spacial score (nSPS) is 38.3. The van der Waals surface area contributed by atoms with E-state index in [1.54, 1.807) is 7.11 Å². The predicted molar refractivity (Wildman–Crippen MR) is 81.9 cm³/mol. The lowest BCUT2D eigenvalue weighted by Crippen LogP contribution is -2.62. The average molecular weight is 295 g/mol. The summed E-state index contributed by atoms with van der Waals surface area (Å²) < 4.78 is 5.54. The van der Waals surface area contributed by atoms with Crippen molar-refractivity contribution in [1.82, 2.24) is 10.2 Å². The van der Waals surface area contributed by atoms with Gasteiger partial charge in [-0.3, -0.25) is 9.69 Å². The highest BCUT2D eigenvalue weighted by molar-refractivity contribution is 5.85. The van der Waals surface area contributed by atoms with Gasteiger partial charge in [-0.15, -0.1) is 0 Å². The Bertz CT molecular complexity index is 386. The number of nitrogens with zero attached hydrogens (tertiary/aromatic N) is 1. The lowest BCUT2D eigenvalue weighted by atomic mass is 9.77. The second-order valence-corrected chi connectivity index (χ2v) is 7.11. The summed E-state index contributed by atoms with van der Waals surface area (Å²) in [6, 6.07) is 0.986. The van der Waals surface area contributed by atoms with Gasteiger partial charge in [0.25, 0.3) is 0 Å². The quantitative estimate of drug-likeness (QED) is 0.794. The molecule has 0 bridgehead atoms. The summed E-state index contributed by atoms with van der Waals surface area (Å²) in [4.78, 5) is 14.6. The molecule has 1 amide bonds. The highest BCUT2D eigenvalue weighted by Gasteiger charge is 2.46. The fraction of sp³-hybridized carbons (Fsp3) is 0.938. The molecule has 120 valence electrons. The van der Waals surface area contributed by atoms with E-state index in [9.17, 15) is 4.79 Å². The molecule has 0 radical (unpaired) electrons. The molecule has 3 aliphatic rings. The summed E-state index contributed by atoms with van der Waals surface area (Å²) >= 11 is 0. The van der Waals surface area contributed by atoms with Gasteiger partial charge in [0, 0.05) is 25.7 Å². The summed E-state index contributed by atoms with van der Waals surface area (Å²) in [6.45, 7) is 2.13. The van der Waals surface area contributed by atoms with Gasteiger partial charge in [-0.2, -0.15) is 0 Å². The molecule has 5 heteroatoms. The van der Waals surface area contributed by atoms with E-state index in [0.29, 0.717) is 18.2 Å². The van der Waals surface area contributed by atoms with Crippen LogP contribution < -0.4 is 11.1 Å². The summed E-state index contributed by atoms with van der Waals surface area (Å²) in [5.41, 5.74) is 5.31. The molecule has 1 aliphatic heterocycles. The summed E-state index contributed by atoms with van der Waals surface area (Å²) in [5, 5.41) is 3.57. The maximum Gasteiger partial charge on any atom is 0.237 e. The van der Waals surface area contributed by atoms with E-state index >= 15 is 0 Å². The molecule has 21 heavy (non-hydrogen) atoms. The number of nitrogens with one attached hydrogen (secondary N) is 1. The molecular weight excluding hydrogens is 266 g/mol. The third-order valence-corrected chi connectivity index (χ3v) is 5.51. The first-order valence-corrected chi connectivity index (χ1v) is 8.47. The van der Waals surface area contributed by atoms with Crippen LogP contribution in [0.2, 0.25) is 0 Å². The van der Waals surface area contributed by atoms with Crippen LogP contribution in [0.1, 0.15) is 51.4 Å². The van der Waals surface area contributed by atoms with Crippen molar-refractivity contribution in [2.45, 2.75) is 75.1 Å². The summed E-state index contributed by atoms with van der Waals surface area (Å²) in [5.74, 6) is -0.153. The highest BCUT2D eigenvalue weighted by Crippen LogP contribution is 2.35. The fourth-order valence-corrected chi connectivity index (χ4v) is 4.09. The summed E-state index contributed by atoms with van der Waals surface area (Å²) in [7, 11) is 1.80. The average Bonchev–Trinajstić information content (AvgIpc) is 3.31. The van der Waals surface area contributed by atoms with Crippen LogP contribution in [-0.4, -0.2) is 54.7 Å². The number of ether oxygens (including phenoxy) is 1. The Morgan fingerprint density at radius 3 is 2.76 bits per heavy atom. The number of methoxy groups -OCH3 is 1. The molecule has 2 saturated carbocycles. The number of piperidine rings is 1. The van der Waals surface area contributed by atoms with Crippen LogP contribution >= 0.6 is 0 Å². The topological polar surface area (TPSA) is 67.6 Å². The van der Waals surface area contributed by atoms with Crippen molar-refractivity contribution in [3.05, 3.63) is 0 Å². The highest BCUT2D eigenvalue weighted by atomic mass is 16.5. The molecule has 2 aliphatic carbocycles. The van der Waals surface area contributed by atoms with Gasteiger partial charge < -0.3 is 15.8 Å². The first-order chi connectivity index (χ1) is 10.1. The Morgan fingerprint density at radius 1 is 1.29 bits per heavy atom. The number of hydrogen-bond acceptors (Lipinski definition) is 4. The lowest BCUT2D eigenvalue weighted by Gasteiger charge is -2.45. The van der Waals surface area contributed by atoms with Crippen molar-refractivity contribution >= 4 is 5.91 Å². The van der Waals surface area contributed by atoms with Crippen LogP contribution in [-0.2, 0) is 9.53 Å². The molecule has 3 N–H and O–H groups in total.